The lowest BCUT2D eigenvalue weighted by atomic mass is 9.64. The Bertz CT molecular complexity index is 500. The maximum atomic E-state index is 6.81. The molecule has 3 fully saturated rings. The molecule has 8 unspecified atom stereocenters. The maximum Gasteiger partial charge on any atom is 0.0572 e. The van der Waals surface area contributed by atoms with Crippen LogP contribution in [0.1, 0.15) is 84.5 Å². The van der Waals surface area contributed by atoms with E-state index in [9.17, 15) is 0 Å². The van der Waals surface area contributed by atoms with Gasteiger partial charge in [0.15, 0.2) is 0 Å². The summed E-state index contributed by atoms with van der Waals surface area (Å²) in [6.07, 6.45) is 17.9. The van der Waals surface area contributed by atoms with Gasteiger partial charge in [-0.15, -0.1) is 0 Å². The zero-order chi connectivity index (χ0) is 18.1. The Kier molecular flexibility index (Phi) is 6.10. The third-order valence-corrected chi connectivity index (χ3v) is 8.37. The van der Waals surface area contributed by atoms with Crippen LogP contribution >= 0.6 is 0 Å². The average molecular weight is 360 g/mol. The van der Waals surface area contributed by atoms with Gasteiger partial charge in [-0.1, -0.05) is 57.6 Å². The summed E-state index contributed by atoms with van der Waals surface area (Å²) in [5.41, 5.74) is 8.58. The van der Waals surface area contributed by atoms with Gasteiger partial charge in [-0.2, -0.15) is 0 Å². The molecule has 1 saturated heterocycles. The molecule has 2 nitrogen and oxygen atoms in total. The van der Waals surface area contributed by atoms with E-state index in [-0.39, 0.29) is 0 Å². The van der Waals surface area contributed by atoms with Crippen LogP contribution in [0.3, 0.4) is 0 Å². The molecule has 0 aromatic heterocycles. The van der Waals surface area contributed by atoms with E-state index < -0.39 is 0 Å². The smallest absolute Gasteiger partial charge is 0.0572 e. The summed E-state index contributed by atoms with van der Waals surface area (Å²) in [5, 5.41) is 0. The SMILES string of the molecule is CCC1CCCCC(C)CC2=CC3C4CCCC4CC(N)C3C2CCO1. The molecule has 0 spiro atoms. The van der Waals surface area contributed by atoms with Crippen molar-refractivity contribution in [3.8, 4) is 0 Å². The fraction of sp³-hybridized carbons (Fsp3) is 0.917. The Labute approximate surface area is 161 Å². The van der Waals surface area contributed by atoms with E-state index in [1.54, 1.807) is 5.57 Å². The summed E-state index contributed by atoms with van der Waals surface area (Å²) >= 11 is 0. The minimum Gasteiger partial charge on any atom is -0.378 e. The van der Waals surface area contributed by atoms with E-state index in [4.69, 9.17) is 10.5 Å². The first-order valence-electron chi connectivity index (χ1n) is 11.7. The quantitative estimate of drug-likeness (QED) is 0.609. The molecule has 0 aromatic carbocycles. The van der Waals surface area contributed by atoms with E-state index in [0.29, 0.717) is 24.0 Å². The topological polar surface area (TPSA) is 35.2 Å². The third kappa shape index (κ3) is 3.78. The van der Waals surface area contributed by atoms with Crippen molar-refractivity contribution in [1.29, 1.82) is 0 Å². The van der Waals surface area contributed by atoms with Crippen molar-refractivity contribution in [2.75, 3.05) is 6.61 Å². The highest BCUT2D eigenvalue weighted by Crippen LogP contribution is 2.56. The summed E-state index contributed by atoms with van der Waals surface area (Å²) in [5.74, 6) is 4.89. The molecule has 0 amide bonds. The Hall–Kier alpha value is -0.340. The van der Waals surface area contributed by atoms with Crippen LogP contribution in [0.4, 0.5) is 0 Å². The van der Waals surface area contributed by atoms with Gasteiger partial charge in [-0.05, 0) is 74.0 Å². The number of allylic oxidation sites excluding steroid dienone is 2. The van der Waals surface area contributed by atoms with Gasteiger partial charge in [0.25, 0.3) is 0 Å². The van der Waals surface area contributed by atoms with Crippen molar-refractivity contribution in [2.45, 2.75) is 96.6 Å². The van der Waals surface area contributed by atoms with Crippen LogP contribution < -0.4 is 5.73 Å². The minimum absolute atomic E-state index is 0.420. The van der Waals surface area contributed by atoms with Gasteiger partial charge >= 0.3 is 0 Å². The van der Waals surface area contributed by atoms with E-state index in [1.165, 1.54) is 64.2 Å². The number of rotatable bonds is 1. The summed E-state index contributed by atoms with van der Waals surface area (Å²) in [6.45, 7) is 5.71. The lowest BCUT2D eigenvalue weighted by molar-refractivity contribution is 0.0242. The Morgan fingerprint density at radius 2 is 1.92 bits per heavy atom. The standard InChI is InChI=1S/C24H41NO/c1-3-19-9-5-4-7-16(2)13-18-14-22-20-10-6-8-17(20)15-23(25)24(22)21(18)11-12-26-19/h14,16-17,19-24H,3-13,15,25H2,1-2H3. The number of nitrogens with two attached hydrogens (primary N) is 1. The highest BCUT2D eigenvalue weighted by Gasteiger charge is 2.50. The number of fused-ring (bicyclic) bond motifs is 5. The second kappa shape index (κ2) is 8.35. The molecule has 2 saturated carbocycles. The van der Waals surface area contributed by atoms with Crippen molar-refractivity contribution >= 4 is 0 Å². The third-order valence-electron chi connectivity index (χ3n) is 8.37. The normalized spacial score (nSPS) is 47.1. The van der Waals surface area contributed by atoms with Crippen molar-refractivity contribution < 1.29 is 4.74 Å². The van der Waals surface area contributed by atoms with Crippen LogP contribution in [0.2, 0.25) is 0 Å². The van der Waals surface area contributed by atoms with Gasteiger partial charge < -0.3 is 10.5 Å². The van der Waals surface area contributed by atoms with E-state index in [1.807, 2.05) is 0 Å². The predicted molar refractivity (Wildman–Crippen MR) is 109 cm³/mol. The molecular weight excluding hydrogens is 318 g/mol. The Morgan fingerprint density at radius 3 is 2.77 bits per heavy atom. The minimum atomic E-state index is 0.420. The Morgan fingerprint density at radius 1 is 1.08 bits per heavy atom. The van der Waals surface area contributed by atoms with Crippen LogP contribution in [0.15, 0.2) is 11.6 Å². The van der Waals surface area contributed by atoms with Crippen LogP contribution in [0.5, 0.6) is 0 Å². The molecule has 1 heterocycles. The zero-order valence-electron chi connectivity index (χ0n) is 17.2. The van der Waals surface area contributed by atoms with E-state index >= 15 is 0 Å². The average Bonchev–Trinajstić information content (AvgIpc) is 3.21. The molecule has 1 aliphatic heterocycles. The van der Waals surface area contributed by atoms with Crippen molar-refractivity contribution in [1.82, 2.24) is 0 Å². The maximum absolute atomic E-state index is 6.81. The lowest BCUT2D eigenvalue weighted by Crippen LogP contribution is -2.46. The second-order valence-electron chi connectivity index (χ2n) is 10.0. The van der Waals surface area contributed by atoms with Gasteiger partial charge in [0, 0.05) is 12.6 Å². The summed E-state index contributed by atoms with van der Waals surface area (Å²) in [6, 6.07) is 0.420. The van der Waals surface area contributed by atoms with Crippen molar-refractivity contribution in [2.24, 2.45) is 41.2 Å². The van der Waals surface area contributed by atoms with Gasteiger partial charge in [0.05, 0.1) is 6.10 Å². The largest absolute Gasteiger partial charge is 0.378 e. The van der Waals surface area contributed by atoms with Crippen molar-refractivity contribution in [3.05, 3.63) is 11.6 Å². The van der Waals surface area contributed by atoms with Crippen LogP contribution in [0.25, 0.3) is 0 Å². The summed E-state index contributed by atoms with van der Waals surface area (Å²) in [7, 11) is 0. The highest BCUT2D eigenvalue weighted by molar-refractivity contribution is 5.24. The van der Waals surface area contributed by atoms with Gasteiger partial charge in [0.2, 0.25) is 0 Å². The molecule has 2 heteroatoms. The fourth-order valence-corrected chi connectivity index (χ4v) is 7.10. The van der Waals surface area contributed by atoms with Gasteiger partial charge in [-0.25, -0.2) is 0 Å². The molecule has 8 atom stereocenters. The molecule has 2 N–H and O–H groups in total. The molecule has 0 radical (unpaired) electrons. The number of hydrogen-bond donors (Lipinski definition) is 1. The van der Waals surface area contributed by atoms with Crippen LogP contribution in [-0.2, 0) is 4.74 Å². The van der Waals surface area contributed by atoms with E-state index in [0.717, 1.165) is 36.7 Å². The predicted octanol–water partition coefficient (Wildman–Crippen LogP) is 5.71. The molecule has 0 aromatic rings. The van der Waals surface area contributed by atoms with Crippen LogP contribution in [-0.4, -0.2) is 18.8 Å². The zero-order valence-corrected chi connectivity index (χ0v) is 17.2. The summed E-state index contributed by atoms with van der Waals surface area (Å²) < 4.78 is 6.33. The van der Waals surface area contributed by atoms with Crippen molar-refractivity contribution in [3.63, 3.8) is 0 Å². The van der Waals surface area contributed by atoms with Gasteiger partial charge in [-0.3, -0.25) is 0 Å². The molecule has 148 valence electrons. The van der Waals surface area contributed by atoms with Gasteiger partial charge in [0.1, 0.15) is 0 Å². The molecule has 26 heavy (non-hydrogen) atoms. The van der Waals surface area contributed by atoms with Crippen LogP contribution in [0, 0.1) is 35.5 Å². The molecular formula is C24H41NO. The number of ether oxygens (including phenoxy) is 1. The fourth-order valence-electron chi connectivity index (χ4n) is 7.10. The lowest BCUT2D eigenvalue weighted by Gasteiger charge is -2.43. The molecule has 4 aliphatic rings. The summed E-state index contributed by atoms with van der Waals surface area (Å²) in [4.78, 5) is 0. The van der Waals surface area contributed by atoms with E-state index in [2.05, 4.69) is 19.9 Å². The molecule has 3 aliphatic carbocycles. The first-order chi connectivity index (χ1) is 12.7. The molecule has 0 bridgehead atoms. The second-order valence-corrected chi connectivity index (χ2v) is 10.0. The Balaban J connectivity index is 1.54. The highest BCUT2D eigenvalue weighted by atomic mass is 16.5. The number of hydrogen-bond acceptors (Lipinski definition) is 2. The first-order valence-corrected chi connectivity index (χ1v) is 11.7. The molecule has 4 rings (SSSR count). The first kappa shape index (κ1) is 19.0. The monoisotopic (exact) mass is 359 g/mol.